The molecule has 0 aliphatic carbocycles. The number of para-hydroxylation sites is 1. The first-order valence-electron chi connectivity index (χ1n) is 7.47. The van der Waals surface area contributed by atoms with Crippen molar-refractivity contribution < 1.29 is 4.74 Å². The van der Waals surface area contributed by atoms with Crippen molar-refractivity contribution >= 4 is 23.0 Å². The van der Waals surface area contributed by atoms with E-state index in [-0.39, 0.29) is 0 Å². The predicted molar refractivity (Wildman–Crippen MR) is 92.7 cm³/mol. The molecule has 2 N–H and O–H groups in total. The van der Waals surface area contributed by atoms with Gasteiger partial charge in [0.05, 0.1) is 6.61 Å². The first kappa shape index (κ1) is 14.8. The lowest BCUT2D eigenvalue weighted by molar-refractivity contribution is 0.340. The van der Waals surface area contributed by atoms with Gasteiger partial charge in [-0.25, -0.2) is 9.97 Å². The molecule has 0 saturated heterocycles. The van der Waals surface area contributed by atoms with Crippen LogP contribution >= 0.6 is 0 Å². The summed E-state index contributed by atoms with van der Waals surface area (Å²) in [7, 11) is 0. The molecule has 0 aliphatic rings. The van der Waals surface area contributed by atoms with Crippen LogP contribution in [0.2, 0.25) is 0 Å². The average molecular weight is 306 g/mol. The van der Waals surface area contributed by atoms with E-state index in [9.17, 15) is 0 Å². The molecular weight excluding hydrogens is 288 g/mol. The second kappa shape index (κ2) is 7.26. The summed E-state index contributed by atoms with van der Waals surface area (Å²) in [5.74, 6) is 2.31. The normalized spacial score (nSPS) is 10.1. The van der Waals surface area contributed by atoms with Crippen molar-refractivity contribution in [3.63, 3.8) is 0 Å². The molecule has 0 spiro atoms. The molecule has 3 aromatic rings. The molecule has 23 heavy (non-hydrogen) atoms. The van der Waals surface area contributed by atoms with Gasteiger partial charge in [-0.1, -0.05) is 18.2 Å². The van der Waals surface area contributed by atoms with E-state index in [1.807, 2.05) is 67.6 Å². The maximum atomic E-state index is 5.43. The van der Waals surface area contributed by atoms with Crippen LogP contribution in [0.1, 0.15) is 6.92 Å². The third kappa shape index (κ3) is 4.20. The van der Waals surface area contributed by atoms with Gasteiger partial charge in [0.25, 0.3) is 0 Å². The topological polar surface area (TPSA) is 59.1 Å². The summed E-state index contributed by atoms with van der Waals surface area (Å²) >= 11 is 0. The molecule has 0 unspecified atom stereocenters. The van der Waals surface area contributed by atoms with Gasteiger partial charge in [0, 0.05) is 17.4 Å². The molecule has 2 aromatic carbocycles. The lowest BCUT2D eigenvalue weighted by atomic mass is 10.3. The van der Waals surface area contributed by atoms with Crippen molar-refractivity contribution in [3.05, 3.63) is 67.0 Å². The number of aromatic nitrogens is 2. The Hall–Kier alpha value is -3.08. The van der Waals surface area contributed by atoms with Gasteiger partial charge in [-0.3, -0.25) is 0 Å². The zero-order valence-electron chi connectivity index (χ0n) is 12.9. The van der Waals surface area contributed by atoms with Crippen LogP contribution in [0.15, 0.2) is 67.0 Å². The fraction of sp³-hybridized carbons (Fsp3) is 0.111. The van der Waals surface area contributed by atoms with Gasteiger partial charge in [-0.2, -0.15) is 0 Å². The molecule has 0 radical (unpaired) electrons. The summed E-state index contributed by atoms with van der Waals surface area (Å²) in [6.07, 6.45) is 1.53. The highest BCUT2D eigenvalue weighted by atomic mass is 16.5. The minimum Gasteiger partial charge on any atom is -0.494 e. The Bertz CT molecular complexity index is 744. The van der Waals surface area contributed by atoms with Crippen molar-refractivity contribution in [2.24, 2.45) is 0 Å². The number of anilines is 4. The van der Waals surface area contributed by atoms with Crippen LogP contribution in [0.3, 0.4) is 0 Å². The number of nitrogens with zero attached hydrogens (tertiary/aromatic N) is 2. The van der Waals surface area contributed by atoms with E-state index in [0.29, 0.717) is 6.61 Å². The second-order valence-electron chi connectivity index (χ2n) is 4.86. The second-order valence-corrected chi connectivity index (χ2v) is 4.86. The van der Waals surface area contributed by atoms with Gasteiger partial charge >= 0.3 is 0 Å². The van der Waals surface area contributed by atoms with Crippen LogP contribution in [0.4, 0.5) is 23.0 Å². The van der Waals surface area contributed by atoms with Crippen LogP contribution in [0.5, 0.6) is 5.75 Å². The van der Waals surface area contributed by atoms with E-state index in [0.717, 1.165) is 28.8 Å². The van der Waals surface area contributed by atoms with Crippen molar-refractivity contribution in [1.82, 2.24) is 9.97 Å². The molecule has 5 nitrogen and oxygen atoms in total. The molecule has 0 amide bonds. The minimum absolute atomic E-state index is 0.660. The molecule has 0 saturated carbocycles. The van der Waals surface area contributed by atoms with Gasteiger partial charge in [-0.05, 0) is 43.3 Å². The Morgan fingerprint density at radius 2 is 1.43 bits per heavy atom. The van der Waals surface area contributed by atoms with E-state index < -0.39 is 0 Å². The Balaban J connectivity index is 1.69. The van der Waals surface area contributed by atoms with Crippen LogP contribution in [-0.4, -0.2) is 16.6 Å². The molecule has 3 rings (SSSR count). The molecule has 1 heterocycles. The number of rotatable bonds is 6. The van der Waals surface area contributed by atoms with Crippen molar-refractivity contribution in [2.45, 2.75) is 6.92 Å². The predicted octanol–water partition coefficient (Wildman–Crippen LogP) is 4.36. The number of nitrogens with one attached hydrogen (secondary N) is 2. The van der Waals surface area contributed by atoms with E-state index in [1.165, 1.54) is 6.33 Å². The zero-order chi connectivity index (χ0) is 15.9. The Kier molecular flexibility index (Phi) is 4.69. The van der Waals surface area contributed by atoms with Crippen LogP contribution in [-0.2, 0) is 0 Å². The Morgan fingerprint density at radius 1 is 0.826 bits per heavy atom. The summed E-state index contributed by atoms with van der Waals surface area (Å²) in [5, 5.41) is 6.50. The number of hydrogen-bond acceptors (Lipinski definition) is 5. The van der Waals surface area contributed by atoms with Gasteiger partial charge in [0.15, 0.2) is 0 Å². The lowest BCUT2D eigenvalue weighted by Gasteiger charge is -2.09. The molecule has 5 heteroatoms. The largest absolute Gasteiger partial charge is 0.494 e. The van der Waals surface area contributed by atoms with E-state index in [1.54, 1.807) is 0 Å². The summed E-state index contributed by atoms with van der Waals surface area (Å²) in [4.78, 5) is 8.47. The third-order valence-corrected chi connectivity index (χ3v) is 3.15. The quantitative estimate of drug-likeness (QED) is 0.708. The maximum Gasteiger partial charge on any atom is 0.135 e. The van der Waals surface area contributed by atoms with Gasteiger partial charge < -0.3 is 15.4 Å². The summed E-state index contributed by atoms with van der Waals surface area (Å²) in [5.41, 5.74) is 1.93. The summed E-state index contributed by atoms with van der Waals surface area (Å²) in [6, 6.07) is 19.5. The highest BCUT2D eigenvalue weighted by Crippen LogP contribution is 2.21. The SMILES string of the molecule is CCOc1ccc(Nc2cc(Nc3ccccc3)ncn2)cc1. The molecule has 0 fully saturated rings. The fourth-order valence-electron chi connectivity index (χ4n) is 2.11. The van der Waals surface area contributed by atoms with E-state index >= 15 is 0 Å². The highest BCUT2D eigenvalue weighted by Gasteiger charge is 2.01. The number of benzene rings is 2. The fourth-order valence-corrected chi connectivity index (χ4v) is 2.11. The zero-order valence-corrected chi connectivity index (χ0v) is 12.9. The summed E-state index contributed by atoms with van der Waals surface area (Å²) in [6.45, 7) is 2.63. The van der Waals surface area contributed by atoms with Crippen LogP contribution in [0, 0.1) is 0 Å². The first-order chi connectivity index (χ1) is 11.3. The Labute approximate surface area is 135 Å². The molecule has 116 valence electrons. The summed E-state index contributed by atoms with van der Waals surface area (Å²) < 4.78 is 5.43. The van der Waals surface area contributed by atoms with E-state index in [4.69, 9.17) is 4.74 Å². The average Bonchev–Trinajstić information content (AvgIpc) is 2.58. The molecular formula is C18H18N4O. The Morgan fingerprint density at radius 3 is 2.04 bits per heavy atom. The van der Waals surface area contributed by atoms with Crippen LogP contribution in [0.25, 0.3) is 0 Å². The number of ether oxygens (including phenoxy) is 1. The van der Waals surface area contributed by atoms with Crippen LogP contribution < -0.4 is 15.4 Å². The molecule has 0 aliphatic heterocycles. The third-order valence-electron chi connectivity index (χ3n) is 3.15. The molecule has 0 atom stereocenters. The standard InChI is InChI=1S/C18H18N4O/c1-2-23-16-10-8-15(9-11-16)22-18-12-17(19-13-20-18)21-14-6-4-3-5-7-14/h3-13H,2H2,1H3,(H2,19,20,21,22). The van der Waals surface area contributed by atoms with E-state index in [2.05, 4.69) is 20.6 Å². The van der Waals surface area contributed by atoms with Gasteiger partial charge in [0.2, 0.25) is 0 Å². The molecule has 0 bridgehead atoms. The maximum absolute atomic E-state index is 5.43. The molecule has 1 aromatic heterocycles. The van der Waals surface area contributed by atoms with Gasteiger partial charge in [-0.15, -0.1) is 0 Å². The van der Waals surface area contributed by atoms with Gasteiger partial charge in [0.1, 0.15) is 23.7 Å². The highest BCUT2D eigenvalue weighted by molar-refractivity contribution is 5.63. The number of hydrogen-bond donors (Lipinski definition) is 2. The first-order valence-corrected chi connectivity index (χ1v) is 7.47. The van der Waals surface area contributed by atoms with Crippen molar-refractivity contribution in [1.29, 1.82) is 0 Å². The lowest BCUT2D eigenvalue weighted by Crippen LogP contribution is -1.98. The smallest absolute Gasteiger partial charge is 0.135 e. The van der Waals surface area contributed by atoms with Crippen molar-refractivity contribution in [3.8, 4) is 5.75 Å². The monoisotopic (exact) mass is 306 g/mol. The minimum atomic E-state index is 0.660. The van der Waals surface area contributed by atoms with Crippen molar-refractivity contribution in [2.75, 3.05) is 17.2 Å².